The van der Waals surface area contributed by atoms with Crippen LogP contribution in [0, 0.1) is 31.1 Å². The van der Waals surface area contributed by atoms with Crippen LogP contribution in [0.3, 0.4) is 0 Å². The molecule has 5 heteroatoms. The van der Waals surface area contributed by atoms with Crippen molar-refractivity contribution in [2.24, 2.45) is 5.92 Å². The molecular formula is C19H20N4O. The van der Waals surface area contributed by atoms with E-state index < -0.39 is 0 Å². The van der Waals surface area contributed by atoms with Gasteiger partial charge in [0, 0.05) is 35.6 Å². The minimum atomic E-state index is -0.0614. The molecule has 1 aromatic carbocycles. The first-order valence-electron chi connectivity index (χ1n) is 8.18. The molecule has 122 valence electrons. The summed E-state index contributed by atoms with van der Waals surface area (Å²) in [5.41, 5.74) is 3.26. The lowest BCUT2D eigenvalue weighted by molar-refractivity contribution is 0.0699. The van der Waals surface area contributed by atoms with Gasteiger partial charge in [-0.2, -0.15) is 5.26 Å². The van der Waals surface area contributed by atoms with E-state index in [0.717, 1.165) is 29.8 Å². The molecule has 0 saturated carbocycles. The van der Waals surface area contributed by atoms with Gasteiger partial charge in [-0.15, -0.1) is 0 Å². The minimum Gasteiger partial charge on any atom is -0.337 e. The van der Waals surface area contributed by atoms with Crippen molar-refractivity contribution in [3.8, 4) is 17.5 Å². The Bertz CT molecular complexity index is 789. The summed E-state index contributed by atoms with van der Waals surface area (Å²) in [6, 6.07) is 11.6. The van der Waals surface area contributed by atoms with Crippen LogP contribution >= 0.6 is 0 Å². The van der Waals surface area contributed by atoms with Gasteiger partial charge < -0.3 is 4.90 Å². The molecule has 24 heavy (non-hydrogen) atoms. The van der Waals surface area contributed by atoms with Gasteiger partial charge in [0.2, 0.25) is 0 Å². The van der Waals surface area contributed by atoms with E-state index in [1.54, 1.807) is 4.90 Å². The van der Waals surface area contributed by atoms with Crippen LogP contribution in [0.25, 0.3) is 11.4 Å². The smallest absolute Gasteiger partial charge is 0.253 e. The predicted molar refractivity (Wildman–Crippen MR) is 91.2 cm³/mol. The van der Waals surface area contributed by atoms with Crippen LogP contribution < -0.4 is 0 Å². The molecule has 0 N–H and O–H groups in total. The molecule has 5 nitrogen and oxygen atoms in total. The van der Waals surface area contributed by atoms with Crippen LogP contribution in [0.4, 0.5) is 0 Å². The Morgan fingerprint density at radius 3 is 2.71 bits per heavy atom. The highest BCUT2D eigenvalue weighted by atomic mass is 16.2. The molecule has 0 aliphatic carbocycles. The summed E-state index contributed by atoms with van der Waals surface area (Å²) < 4.78 is 0. The lowest BCUT2D eigenvalue weighted by Crippen LogP contribution is -2.39. The molecule has 1 amide bonds. The van der Waals surface area contributed by atoms with Gasteiger partial charge in [-0.1, -0.05) is 12.1 Å². The van der Waals surface area contributed by atoms with E-state index in [1.807, 2.05) is 44.2 Å². The number of benzene rings is 1. The highest BCUT2D eigenvalue weighted by Gasteiger charge is 2.24. The zero-order valence-electron chi connectivity index (χ0n) is 14.0. The summed E-state index contributed by atoms with van der Waals surface area (Å²) in [4.78, 5) is 23.5. The van der Waals surface area contributed by atoms with Crippen molar-refractivity contribution in [3.63, 3.8) is 0 Å². The van der Waals surface area contributed by atoms with Crippen LogP contribution in [0.2, 0.25) is 0 Å². The number of hydrogen-bond donors (Lipinski definition) is 0. The lowest BCUT2D eigenvalue weighted by atomic mass is 9.98. The maximum absolute atomic E-state index is 12.8. The number of carbonyl (C=O) groups is 1. The Hall–Kier alpha value is -2.74. The molecular weight excluding hydrogens is 300 g/mol. The number of aryl methyl sites for hydroxylation is 2. The molecule has 0 bridgehead atoms. The molecule has 1 aliphatic rings. The van der Waals surface area contributed by atoms with E-state index in [0.29, 0.717) is 24.5 Å². The van der Waals surface area contributed by atoms with Gasteiger partial charge in [-0.05, 0) is 44.9 Å². The van der Waals surface area contributed by atoms with Crippen molar-refractivity contribution in [2.75, 3.05) is 13.1 Å². The molecule has 2 aromatic rings. The van der Waals surface area contributed by atoms with Crippen molar-refractivity contribution in [1.82, 2.24) is 14.9 Å². The second-order valence-electron chi connectivity index (χ2n) is 6.27. The molecule has 1 aliphatic heterocycles. The normalized spacial score (nSPS) is 17.4. The monoisotopic (exact) mass is 320 g/mol. The molecule has 1 fully saturated rings. The molecule has 0 radical (unpaired) electrons. The first kappa shape index (κ1) is 16.1. The molecule has 2 heterocycles. The summed E-state index contributed by atoms with van der Waals surface area (Å²) in [5, 5.41) is 9.10. The van der Waals surface area contributed by atoms with E-state index in [-0.39, 0.29) is 11.8 Å². The number of nitriles is 1. The number of carbonyl (C=O) groups excluding carboxylic acids is 1. The Kier molecular flexibility index (Phi) is 4.57. The number of hydrogen-bond acceptors (Lipinski definition) is 4. The number of likely N-dealkylation sites (tertiary alicyclic amines) is 1. The summed E-state index contributed by atoms with van der Waals surface area (Å²) >= 11 is 0. The second kappa shape index (κ2) is 6.79. The van der Waals surface area contributed by atoms with Gasteiger partial charge in [0.05, 0.1) is 12.0 Å². The largest absolute Gasteiger partial charge is 0.337 e. The Morgan fingerprint density at radius 1 is 1.25 bits per heavy atom. The fraction of sp³-hybridized carbons (Fsp3) is 0.368. The maximum Gasteiger partial charge on any atom is 0.253 e. The topological polar surface area (TPSA) is 69.9 Å². The van der Waals surface area contributed by atoms with Crippen LogP contribution in [0.1, 0.15) is 34.6 Å². The summed E-state index contributed by atoms with van der Waals surface area (Å²) in [7, 11) is 0. The zero-order chi connectivity index (χ0) is 17.1. The Labute approximate surface area is 142 Å². The van der Waals surface area contributed by atoms with E-state index in [1.165, 1.54) is 0 Å². The SMILES string of the molecule is Cc1cc(C)nc(-c2cccc(C(=O)N3CCCC(C#N)C3)c2)n1. The molecule has 1 atom stereocenters. The fourth-order valence-electron chi connectivity index (χ4n) is 3.10. The number of piperidine rings is 1. The molecule has 3 rings (SSSR count). The average molecular weight is 320 g/mol. The third kappa shape index (κ3) is 3.43. The standard InChI is InChI=1S/C19H20N4O/c1-13-9-14(2)22-18(21-13)16-6-3-7-17(10-16)19(24)23-8-4-5-15(11-20)12-23/h3,6-7,9-10,15H,4-5,8,12H2,1-2H3. The summed E-state index contributed by atoms with van der Waals surface area (Å²) in [5.74, 6) is 0.547. The van der Waals surface area contributed by atoms with Crippen molar-refractivity contribution in [2.45, 2.75) is 26.7 Å². The van der Waals surface area contributed by atoms with E-state index in [4.69, 9.17) is 5.26 Å². The average Bonchev–Trinajstić information content (AvgIpc) is 2.60. The number of aromatic nitrogens is 2. The Balaban J connectivity index is 1.87. The van der Waals surface area contributed by atoms with Crippen molar-refractivity contribution < 1.29 is 4.79 Å². The van der Waals surface area contributed by atoms with Gasteiger partial charge in [0.1, 0.15) is 0 Å². The van der Waals surface area contributed by atoms with Crippen LogP contribution in [-0.4, -0.2) is 33.9 Å². The van der Waals surface area contributed by atoms with Crippen LogP contribution in [-0.2, 0) is 0 Å². The van der Waals surface area contributed by atoms with Crippen molar-refractivity contribution >= 4 is 5.91 Å². The maximum atomic E-state index is 12.8. The molecule has 1 unspecified atom stereocenters. The van der Waals surface area contributed by atoms with E-state index in [2.05, 4.69) is 16.0 Å². The fourth-order valence-corrected chi connectivity index (χ4v) is 3.10. The third-order valence-electron chi connectivity index (χ3n) is 4.24. The summed E-state index contributed by atoms with van der Waals surface area (Å²) in [6.07, 6.45) is 1.75. The van der Waals surface area contributed by atoms with Crippen LogP contribution in [0.5, 0.6) is 0 Å². The van der Waals surface area contributed by atoms with E-state index >= 15 is 0 Å². The quantitative estimate of drug-likeness (QED) is 0.852. The lowest BCUT2D eigenvalue weighted by Gasteiger charge is -2.29. The summed E-state index contributed by atoms with van der Waals surface area (Å²) in [6.45, 7) is 5.09. The van der Waals surface area contributed by atoms with Gasteiger partial charge in [0.25, 0.3) is 5.91 Å². The van der Waals surface area contributed by atoms with Gasteiger partial charge in [-0.25, -0.2) is 9.97 Å². The van der Waals surface area contributed by atoms with Crippen molar-refractivity contribution in [3.05, 3.63) is 47.3 Å². The number of nitrogens with zero attached hydrogens (tertiary/aromatic N) is 4. The number of amides is 1. The van der Waals surface area contributed by atoms with Crippen molar-refractivity contribution in [1.29, 1.82) is 5.26 Å². The predicted octanol–water partition coefficient (Wildman–Crippen LogP) is 3.14. The van der Waals surface area contributed by atoms with Gasteiger partial charge >= 0.3 is 0 Å². The highest BCUT2D eigenvalue weighted by Crippen LogP contribution is 2.21. The zero-order valence-corrected chi connectivity index (χ0v) is 14.0. The van der Waals surface area contributed by atoms with E-state index in [9.17, 15) is 4.79 Å². The highest BCUT2D eigenvalue weighted by molar-refractivity contribution is 5.95. The first-order chi connectivity index (χ1) is 11.6. The van der Waals surface area contributed by atoms with Gasteiger partial charge in [0.15, 0.2) is 5.82 Å². The van der Waals surface area contributed by atoms with Crippen LogP contribution in [0.15, 0.2) is 30.3 Å². The second-order valence-corrected chi connectivity index (χ2v) is 6.27. The Morgan fingerprint density at radius 2 is 2.00 bits per heavy atom. The first-order valence-corrected chi connectivity index (χ1v) is 8.18. The minimum absolute atomic E-state index is 0.0267. The molecule has 0 spiro atoms. The van der Waals surface area contributed by atoms with Gasteiger partial charge in [-0.3, -0.25) is 4.79 Å². The third-order valence-corrected chi connectivity index (χ3v) is 4.24. The molecule has 1 aromatic heterocycles. The molecule has 1 saturated heterocycles. The number of rotatable bonds is 2.